The third kappa shape index (κ3) is 2.94. The maximum Gasteiger partial charge on any atom is 0.226 e. The van der Waals surface area contributed by atoms with E-state index in [0.717, 1.165) is 21.3 Å². The number of hydrogen-bond donors (Lipinski definition) is 1. The smallest absolute Gasteiger partial charge is 0.226 e. The number of ether oxygens (including phenoxy) is 2. The molecule has 0 radical (unpaired) electrons. The van der Waals surface area contributed by atoms with E-state index >= 15 is 0 Å². The van der Waals surface area contributed by atoms with Gasteiger partial charge in [-0.3, -0.25) is 0 Å². The number of benzene rings is 2. The first kappa shape index (κ1) is 16.7. The molecule has 1 aliphatic heterocycles. The molecular formula is C19H17BrN4O2. The van der Waals surface area contributed by atoms with E-state index in [1.165, 1.54) is 0 Å². The molecular weight excluding hydrogens is 396 g/mol. The van der Waals surface area contributed by atoms with E-state index in [9.17, 15) is 0 Å². The lowest BCUT2D eigenvalue weighted by Crippen LogP contribution is -2.20. The minimum Gasteiger partial charge on any atom is -0.493 e. The monoisotopic (exact) mass is 412 g/mol. The van der Waals surface area contributed by atoms with Gasteiger partial charge in [-0.05, 0) is 42.0 Å². The van der Waals surface area contributed by atoms with Gasteiger partial charge in [0.1, 0.15) is 12.4 Å². The van der Waals surface area contributed by atoms with Gasteiger partial charge in [0.15, 0.2) is 11.5 Å². The number of hydrogen-bond acceptors (Lipinski definition) is 5. The second-order valence-corrected chi connectivity index (χ2v) is 6.72. The van der Waals surface area contributed by atoms with Crippen LogP contribution < -0.4 is 14.8 Å². The summed E-state index contributed by atoms with van der Waals surface area (Å²) in [7, 11) is 3.26. The minimum absolute atomic E-state index is 0.0608. The van der Waals surface area contributed by atoms with Gasteiger partial charge in [-0.25, -0.2) is 4.68 Å². The fourth-order valence-corrected chi connectivity index (χ4v) is 3.45. The zero-order chi connectivity index (χ0) is 18.1. The number of allylic oxidation sites excluding steroid dienone is 1. The largest absolute Gasteiger partial charge is 0.493 e. The molecule has 7 heteroatoms. The van der Waals surface area contributed by atoms with Crippen molar-refractivity contribution in [2.75, 3.05) is 19.5 Å². The molecule has 0 saturated carbocycles. The second kappa shape index (κ2) is 6.84. The molecule has 26 heavy (non-hydrogen) atoms. The van der Waals surface area contributed by atoms with Crippen LogP contribution in [-0.2, 0) is 0 Å². The highest BCUT2D eigenvalue weighted by Gasteiger charge is 2.24. The van der Waals surface area contributed by atoms with Crippen LogP contribution >= 0.6 is 15.9 Å². The van der Waals surface area contributed by atoms with E-state index in [1.54, 1.807) is 20.5 Å². The van der Waals surface area contributed by atoms with E-state index in [-0.39, 0.29) is 6.04 Å². The zero-order valence-corrected chi connectivity index (χ0v) is 15.9. The van der Waals surface area contributed by atoms with Crippen molar-refractivity contribution in [3.05, 3.63) is 70.5 Å². The Kier molecular flexibility index (Phi) is 4.38. The lowest BCUT2D eigenvalue weighted by Gasteiger charge is -2.25. The van der Waals surface area contributed by atoms with Gasteiger partial charge in [0, 0.05) is 15.7 Å². The molecule has 0 saturated heterocycles. The van der Waals surface area contributed by atoms with E-state index in [0.29, 0.717) is 17.4 Å². The van der Waals surface area contributed by atoms with E-state index < -0.39 is 0 Å². The minimum atomic E-state index is -0.0608. The molecule has 0 aliphatic carbocycles. The molecule has 6 nitrogen and oxygen atoms in total. The molecule has 3 aromatic rings. The highest BCUT2D eigenvalue weighted by Crippen LogP contribution is 2.35. The Morgan fingerprint density at radius 1 is 1.08 bits per heavy atom. The lowest BCUT2D eigenvalue weighted by atomic mass is 10.0. The van der Waals surface area contributed by atoms with Gasteiger partial charge in [0.25, 0.3) is 0 Å². The number of anilines is 1. The van der Waals surface area contributed by atoms with E-state index in [4.69, 9.17) is 9.47 Å². The molecule has 0 amide bonds. The SMILES string of the molecule is COc1ccc(C2=C[C@H](c3cccc(Br)c3)n3ncnc3N2)cc1OC. The molecule has 4 rings (SSSR count). The first-order valence-electron chi connectivity index (χ1n) is 8.06. The van der Waals surface area contributed by atoms with Crippen molar-refractivity contribution < 1.29 is 9.47 Å². The third-order valence-corrected chi connectivity index (χ3v) is 4.79. The average molecular weight is 413 g/mol. The highest BCUT2D eigenvalue weighted by molar-refractivity contribution is 9.10. The van der Waals surface area contributed by atoms with E-state index in [2.05, 4.69) is 49.5 Å². The summed E-state index contributed by atoms with van der Waals surface area (Å²) >= 11 is 3.54. The Morgan fingerprint density at radius 2 is 1.92 bits per heavy atom. The molecule has 0 spiro atoms. The van der Waals surface area contributed by atoms with Crippen molar-refractivity contribution >= 4 is 27.6 Å². The Balaban J connectivity index is 1.80. The van der Waals surface area contributed by atoms with Crippen LogP contribution in [0.3, 0.4) is 0 Å². The molecule has 1 atom stereocenters. The van der Waals surface area contributed by atoms with Crippen LogP contribution in [0.4, 0.5) is 5.95 Å². The quantitative estimate of drug-likeness (QED) is 0.698. The van der Waals surface area contributed by atoms with Crippen molar-refractivity contribution in [3.8, 4) is 11.5 Å². The zero-order valence-electron chi connectivity index (χ0n) is 14.3. The first-order chi connectivity index (χ1) is 12.7. The summed E-state index contributed by atoms with van der Waals surface area (Å²) in [5.41, 5.74) is 3.04. The van der Waals surface area contributed by atoms with Gasteiger partial charge in [0.05, 0.1) is 14.2 Å². The predicted molar refractivity (Wildman–Crippen MR) is 103 cm³/mol. The summed E-state index contributed by atoms with van der Waals surface area (Å²) < 4.78 is 13.7. The van der Waals surface area contributed by atoms with Crippen LogP contribution in [0.2, 0.25) is 0 Å². The van der Waals surface area contributed by atoms with Crippen molar-refractivity contribution in [1.29, 1.82) is 0 Å². The summed E-state index contributed by atoms with van der Waals surface area (Å²) in [5, 5.41) is 7.71. The lowest BCUT2D eigenvalue weighted by molar-refractivity contribution is 0.355. The number of methoxy groups -OCH3 is 2. The van der Waals surface area contributed by atoms with Crippen molar-refractivity contribution in [2.45, 2.75) is 6.04 Å². The van der Waals surface area contributed by atoms with E-state index in [1.807, 2.05) is 35.0 Å². The Labute approximate surface area is 159 Å². The number of fused-ring (bicyclic) bond motifs is 1. The van der Waals surface area contributed by atoms with Crippen molar-refractivity contribution in [1.82, 2.24) is 14.8 Å². The van der Waals surface area contributed by atoms with Gasteiger partial charge in [-0.2, -0.15) is 10.1 Å². The average Bonchev–Trinajstić information content (AvgIpc) is 3.15. The Hall–Kier alpha value is -2.80. The van der Waals surface area contributed by atoms with Gasteiger partial charge in [-0.1, -0.05) is 28.1 Å². The summed E-state index contributed by atoms with van der Waals surface area (Å²) in [6.07, 6.45) is 3.68. The van der Waals surface area contributed by atoms with Crippen LogP contribution in [0.25, 0.3) is 5.70 Å². The topological polar surface area (TPSA) is 61.2 Å². The Morgan fingerprint density at radius 3 is 2.69 bits per heavy atom. The molecule has 0 unspecified atom stereocenters. The fraction of sp³-hybridized carbons (Fsp3) is 0.158. The molecule has 1 aliphatic rings. The Bertz CT molecular complexity index is 983. The summed E-state index contributed by atoms with van der Waals surface area (Å²) in [4.78, 5) is 4.34. The van der Waals surface area contributed by atoms with Crippen LogP contribution in [0.5, 0.6) is 11.5 Å². The number of nitrogens with zero attached hydrogens (tertiary/aromatic N) is 3. The maximum atomic E-state index is 5.43. The summed E-state index contributed by atoms with van der Waals surface area (Å²) in [6.45, 7) is 0. The number of aromatic nitrogens is 3. The molecule has 1 aromatic heterocycles. The van der Waals surface area contributed by atoms with Crippen LogP contribution in [0.15, 0.2) is 59.3 Å². The second-order valence-electron chi connectivity index (χ2n) is 5.80. The standard InChI is InChI=1S/C19H17BrN4O2/c1-25-17-7-6-12(9-18(17)26-2)15-10-16(13-4-3-5-14(20)8-13)24-19(23-15)21-11-22-24/h3-11,16H,1-2H3,(H,21,22,23)/t16-/m1/s1. The highest BCUT2D eigenvalue weighted by atomic mass is 79.9. The van der Waals surface area contributed by atoms with Gasteiger partial charge < -0.3 is 14.8 Å². The van der Waals surface area contributed by atoms with Gasteiger partial charge in [-0.15, -0.1) is 0 Å². The van der Waals surface area contributed by atoms with Gasteiger partial charge >= 0.3 is 0 Å². The molecule has 0 bridgehead atoms. The van der Waals surface area contributed by atoms with Crippen LogP contribution in [-0.4, -0.2) is 29.0 Å². The molecule has 132 valence electrons. The number of rotatable bonds is 4. The van der Waals surface area contributed by atoms with Gasteiger partial charge in [0.2, 0.25) is 5.95 Å². The summed E-state index contributed by atoms with van der Waals surface area (Å²) in [5.74, 6) is 2.07. The molecule has 1 N–H and O–H groups in total. The fourth-order valence-electron chi connectivity index (χ4n) is 3.03. The van der Waals surface area contributed by atoms with Crippen molar-refractivity contribution in [3.63, 3.8) is 0 Å². The maximum absolute atomic E-state index is 5.43. The van der Waals surface area contributed by atoms with Crippen molar-refractivity contribution in [2.24, 2.45) is 0 Å². The predicted octanol–water partition coefficient (Wildman–Crippen LogP) is 4.11. The molecule has 2 heterocycles. The molecule has 2 aromatic carbocycles. The molecule has 0 fully saturated rings. The first-order valence-corrected chi connectivity index (χ1v) is 8.85. The number of halogens is 1. The summed E-state index contributed by atoms with van der Waals surface area (Å²) in [6, 6.07) is 14.0. The normalized spacial score (nSPS) is 15.7. The van der Waals surface area contributed by atoms with Crippen LogP contribution in [0, 0.1) is 0 Å². The third-order valence-electron chi connectivity index (χ3n) is 4.29. The number of nitrogens with one attached hydrogen (secondary N) is 1. The van der Waals surface area contributed by atoms with Crippen LogP contribution in [0.1, 0.15) is 17.2 Å².